The number of aromatic hydroxyl groups is 1. The highest BCUT2D eigenvalue weighted by atomic mass is 32.2. The maximum absolute atomic E-state index is 13.7. The number of likely N-dealkylation sites (N-methyl/N-ethyl adjacent to an activating group) is 1. The Morgan fingerprint density at radius 1 is 1.00 bits per heavy atom. The standard InChI is InChI=1S/C27H27N3O4S/c1-4-29-17(2)16-30(27(32)24-14-20-13-21(31)8-11-23(20)28-24)26-15-19(7-12-25(26)29)18-5-9-22(10-6-18)35(3,33)34/h5-15,17,28,31H,4,16H2,1-3H3/t17-/m0/s1. The number of hydrogen-bond donors (Lipinski definition) is 2. The number of anilines is 2. The number of aromatic amines is 1. The van der Waals surface area contributed by atoms with E-state index in [1.165, 1.54) is 6.26 Å². The molecule has 0 aliphatic carbocycles. The zero-order valence-corrected chi connectivity index (χ0v) is 20.6. The van der Waals surface area contributed by atoms with Gasteiger partial charge < -0.3 is 19.9 Å². The summed E-state index contributed by atoms with van der Waals surface area (Å²) in [7, 11) is -3.28. The van der Waals surface area contributed by atoms with Crippen LogP contribution in [0, 0.1) is 0 Å². The van der Waals surface area contributed by atoms with Crippen molar-refractivity contribution in [2.45, 2.75) is 24.8 Å². The zero-order chi connectivity index (χ0) is 24.9. The first kappa shape index (κ1) is 23.0. The highest BCUT2D eigenvalue weighted by molar-refractivity contribution is 7.90. The number of carbonyl (C=O) groups is 1. The van der Waals surface area contributed by atoms with Crippen LogP contribution in [0.1, 0.15) is 24.3 Å². The van der Waals surface area contributed by atoms with Crippen LogP contribution in [0.25, 0.3) is 22.0 Å². The first-order chi connectivity index (χ1) is 16.7. The number of phenolic OH excluding ortho intramolecular Hbond substituents is 1. The van der Waals surface area contributed by atoms with E-state index in [-0.39, 0.29) is 22.6 Å². The topological polar surface area (TPSA) is 93.7 Å². The number of nitrogens with zero attached hydrogens (tertiary/aromatic N) is 2. The van der Waals surface area contributed by atoms with Crippen molar-refractivity contribution in [2.75, 3.05) is 29.1 Å². The van der Waals surface area contributed by atoms with E-state index in [9.17, 15) is 18.3 Å². The molecular weight excluding hydrogens is 462 g/mol. The molecule has 2 heterocycles. The maximum atomic E-state index is 13.7. The molecule has 7 nitrogen and oxygen atoms in total. The van der Waals surface area contributed by atoms with Crippen LogP contribution in [0.4, 0.5) is 11.4 Å². The van der Waals surface area contributed by atoms with Gasteiger partial charge in [-0.1, -0.05) is 18.2 Å². The minimum atomic E-state index is -3.28. The van der Waals surface area contributed by atoms with Gasteiger partial charge in [-0.05, 0) is 73.5 Å². The van der Waals surface area contributed by atoms with Crippen LogP contribution in [-0.2, 0) is 9.84 Å². The van der Waals surface area contributed by atoms with Crippen molar-refractivity contribution < 1.29 is 18.3 Å². The molecule has 1 atom stereocenters. The van der Waals surface area contributed by atoms with E-state index in [1.807, 2.05) is 18.2 Å². The summed E-state index contributed by atoms with van der Waals surface area (Å²) in [5, 5.41) is 10.6. The van der Waals surface area contributed by atoms with E-state index in [0.717, 1.165) is 39.9 Å². The molecule has 8 heteroatoms. The summed E-state index contributed by atoms with van der Waals surface area (Å²) < 4.78 is 23.7. The summed E-state index contributed by atoms with van der Waals surface area (Å²) in [6, 6.07) is 19.7. The summed E-state index contributed by atoms with van der Waals surface area (Å²) in [6.45, 7) is 5.54. The van der Waals surface area contributed by atoms with Crippen molar-refractivity contribution in [3.05, 3.63) is 72.4 Å². The van der Waals surface area contributed by atoms with Crippen molar-refractivity contribution in [3.8, 4) is 16.9 Å². The first-order valence-corrected chi connectivity index (χ1v) is 13.4. The van der Waals surface area contributed by atoms with Gasteiger partial charge in [0.15, 0.2) is 9.84 Å². The van der Waals surface area contributed by atoms with Gasteiger partial charge in [0.25, 0.3) is 5.91 Å². The van der Waals surface area contributed by atoms with Gasteiger partial charge in [0, 0.05) is 36.3 Å². The Kier molecular flexibility index (Phi) is 5.56. The van der Waals surface area contributed by atoms with Gasteiger partial charge in [0.1, 0.15) is 11.4 Å². The lowest BCUT2D eigenvalue weighted by atomic mass is 10.0. The summed E-state index contributed by atoms with van der Waals surface area (Å²) in [5.41, 5.74) is 4.79. The molecule has 5 rings (SSSR count). The number of aromatic nitrogens is 1. The molecule has 0 radical (unpaired) electrons. The van der Waals surface area contributed by atoms with Gasteiger partial charge in [0.2, 0.25) is 0 Å². The predicted octanol–water partition coefficient (Wildman–Crippen LogP) is 4.82. The molecule has 0 saturated carbocycles. The molecule has 1 amide bonds. The maximum Gasteiger partial charge on any atom is 0.274 e. The third-order valence-corrected chi connectivity index (χ3v) is 7.72. The van der Waals surface area contributed by atoms with Crippen LogP contribution in [0.3, 0.4) is 0 Å². The zero-order valence-electron chi connectivity index (χ0n) is 19.8. The summed E-state index contributed by atoms with van der Waals surface area (Å²) in [6.07, 6.45) is 1.19. The second kappa shape index (κ2) is 8.46. The molecule has 0 saturated heterocycles. The van der Waals surface area contributed by atoms with Gasteiger partial charge in [-0.2, -0.15) is 0 Å². The number of hydrogen-bond acceptors (Lipinski definition) is 5. The molecule has 0 fully saturated rings. The normalized spacial score (nSPS) is 15.9. The summed E-state index contributed by atoms with van der Waals surface area (Å²) in [4.78, 5) is 21.2. The number of phenols is 1. The van der Waals surface area contributed by atoms with Crippen molar-refractivity contribution in [1.29, 1.82) is 0 Å². The molecule has 1 aliphatic heterocycles. The van der Waals surface area contributed by atoms with E-state index in [2.05, 4.69) is 23.7 Å². The number of amides is 1. The number of nitrogens with one attached hydrogen (secondary N) is 1. The molecule has 3 aromatic carbocycles. The van der Waals surface area contributed by atoms with Crippen LogP contribution in [-0.4, -0.2) is 49.8 Å². The molecule has 180 valence electrons. The Morgan fingerprint density at radius 3 is 2.40 bits per heavy atom. The number of benzene rings is 3. The highest BCUT2D eigenvalue weighted by Gasteiger charge is 2.32. The number of sulfone groups is 1. The van der Waals surface area contributed by atoms with Crippen LogP contribution in [0.15, 0.2) is 71.6 Å². The Morgan fingerprint density at radius 2 is 1.71 bits per heavy atom. The second-order valence-electron chi connectivity index (χ2n) is 9.01. The molecule has 4 aromatic rings. The van der Waals surface area contributed by atoms with E-state index in [0.29, 0.717) is 12.2 Å². The molecular formula is C27H27N3O4S. The third kappa shape index (κ3) is 4.14. The van der Waals surface area contributed by atoms with Crippen molar-refractivity contribution in [1.82, 2.24) is 4.98 Å². The monoisotopic (exact) mass is 489 g/mol. The first-order valence-electron chi connectivity index (χ1n) is 11.5. The number of H-pyrrole nitrogens is 1. The quantitative estimate of drug-likeness (QED) is 0.429. The van der Waals surface area contributed by atoms with E-state index in [1.54, 1.807) is 53.4 Å². The molecule has 1 aliphatic rings. The molecule has 0 bridgehead atoms. The smallest absolute Gasteiger partial charge is 0.274 e. The summed E-state index contributed by atoms with van der Waals surface area (Å²) in [5.74, 6) is 0.00618. The van der Waals surface area contributed by atoms with Crippen LogP contribution in [0.2, 0.25) is 0 Å². The average Bonchev–Trinajstić information content (AvgIpc) is 3.25. The van der Waals surface area contributed by atoms with Gasteiger partial charge in [-0.25, -0.2) is 8.42 Å². The van der Waals surface area contributed by atoms with Crippen molar-refractivity contribution in [2.24, 2.45) is 0 Å². The molecule has 1 aromatic heterocycles. The van der Waals surface area contributed by atoms with Gasteiger partial charge in [-0.3, -0.25) is 4.79 Å². The molecule has 0 unspecified atom stereocenters. The average molecular weight is 490 g/mol. The second-order valence-corrected chi connectivity index (χ2v) is 11.0. The summed E-state index contributed by atoms with van der Waals surface area (Å²) >= 11 is 0. The Balaban J connectivity index is 1.58. The fourth-order valence-electron chi connectivity index (χ4n) is 4.81. The minimum Gasteiger partial charge on any atom is -0.508 e. The van der Waals surface area contributed by atoms with Crippen LogP contribution >= 0.6 is 0 Å². The van der Waals surface area contributed by atoms with Crippen LogP contribution in [0.5, 0.6) is 5.75 Å². The lowest BCUT2D eigenvalue weighted by Gasteiger charge is -2.42. The Bertz CT molecular complexity index is 1540. The largest absolute Gasteiger partial charge is 0.508 e. The number of rotatable bonds is 4. The lowest BCUT2D eigenvalue weighted by Crippen LogP contribution is -2.49. The molecule has 35 heavy (non-hydrogen) atoms. The molecule has 2 N–H and O–H groups in total. The van der Waals surface area contributed by atoms with E-state index >= 15 is 0 Å². The highest BCUT2D eigenvalue weighted by Crippen LogP contribution is 2.39. The van der Waals surface area contributed by atoms with Crippen molar-refractivity contribution >= 4 is 38.0 Å². The lowest BCUT2D eigenvalue weighted by molar-refractivity contribution is 0.0980. The molecule has 0 spiro atoms. The van der Waals surface area contributed by atoms with E-state index in [4.69, 9.17) is 0 Å². The number of fused-ring (bicyclic) bond motifs is 2. The fraction of sp³-hybridized carbons (Fsp3) is 0.222. The third-order valence-electron chi connectivity index (χ3n) is 6.59. The van der Waals surface area contributed by atoms with Crippen molar-refractivity contribution in [3.63, 3.8) is 0 Å². The van der Waals surface area contributed by atoms with E-state index < -0.39 is 9.84 Å². The fourth-order valence-corrected chi connectivity index (χ4v) is 5.44. The minimum absolute atomic E-state index is 0.129. The SMILES string of the molecule is CCN1c2ccc(-c3ccc(S(C)(=O)=O)cc3)cc2N(C(=O)c2cc3cc(O)ccc3[nH]2)C[C@@H]1C. The Labute approximate surface area is 204 Å². The Hall–Kier alpha value is -3.78. The van der Waals surface area contributed by atoms with Crippen LogP contribution < -0.4 is 9.80 Å². The van der Waals surface area contributed by atoms with Gasteiger partial charge in [0.05, 0.1) is 16.3 Å². The van der Waals surface area contributed by atoms with Gasteiger partial charge >= 0.3 is 0 Å². The predicted molar refractivity (Wildman–Crippen MR) is 139 cm³/mol. The number of carbonyl (C=O) groups excluding carboxylic acids is 1. The van der Waals surface area contributed by atoms with Gasteiger partial charge in [-0.15, -0.1) is 0 Å².